The lowest BCUT2D eigenvalue weighted by Gasteiger charge is -2.34. The number of methoxy groups -OCH3 is 1. The van der Waals surface area contributed by atoms with E-state index in [-0.39, 0.29) is 24.7 Å². The number of hydrogen-bond donors (Lipinski definition) is 3. The number of carbonyl (C=O) groups excluding carboxylic acids is 1. The van der Waals surface area contributed by atoms with Gasteiger partial charge in [-0.1, -0.05) is 41.9 Å². The largest absolute Gasteiger partial charge is 0.481 e. The second-order valence-electron chi connectivity index (χ2n) is 14.5. The Hall–Kier alpha value is -5.24. The summed E-state index contributed by atoms with van der Waals surface area (Å²) in [5, 5.41) is 16.6. The molecule has 1 saturated heterocycles. The summed E-state index contributed by atoms with van der Waals surface area (Å²) in [5.41, 5.74) is 7.50. The summed E-state index contributed by atoms with van der Waals surface area (Å²) in [6.07, 6.45) is 3.47. The van der Waals surface area contributed by atoms with Crippen LogP contribution in [0, 0.1) is 13.8 Å². The molecule has 2 atom stereocenters. The number of benzene rings is 2. The molecule has 7 rings (SSSR count). The van der Waals surface area contributed by atoms with Gasteiger partial charge in [0, 0.05) is 73.9 Å². The van der Waals surface area contributed by atoms with Gasteiger partial charge in [-0.3, -0.25) is 18.8 Å². The third-order valence-corrected chi connectivity index (χ3v) is 11.6. The van der Waals surface area contributed by atoms with Crippen LogP contribution in [0.15, 0.2) is 58.1 Å². The van der Waals surface area contributed by atoms with E-state index in [1.807, 2.05) is 50.2 Å². The molecule has 2 amide bonds. The highest BCUT2D eigenvalue weighted by atomic mass is 35.5. The highest BCUT2D eigenvalue weighted by Gasteiger charge is 2.32. The molecule has 3 aromatic heterocycles. The maximum atomic E-state index is 13.3. The van der Waals surface area contributed by atoms with Gasteiger partial charge in [0.2, 0.25) is 5.88 Å². The first-order chi connectivity index (χ1) is 26.4. The van der Waals surface area contributed by atoms with E-state index >= 15 is 0 Å². The Kier molecular flexibility index (Phi) is 10.7. The number of aryl methyl sites for hydroxylation is 3. The first-order valence-corrected chi connectivity index (χ1v) is 19.0. The lowest BCUT2D eigenvalue weighted by molar-refractivity contribution is 0.149. The van der Waals surface area contributed by atoms with Gasteiger partial charge in [0.05, 0.1) is 29.9 Å². The Labute approximate surface area is 324 Å². The number of aliphatic hydroxyl groups excluding tert-OH is 1. The van der Waals surface area contributed by atoms with Gasteiger partial charge in [-0.15, -0.1) is 0 Å². The van der Waals surface area contributed by atoms with Crippen LogP contribution < -0.4 is 26.6 Å². The van der Waals surface area contributed by atoms with Crippen LogP contribution in [0.3, 0.4) is 0 Å². The quantitative estimate of drug-likeness (QED) is 0.159. The SMILES string of the molecule is COc1nc(-c2cccc(-c3cccc(Nc4nc(C)cc5c4c(=O)n(C)c(=O)n5C)c3C)c2Cl)cc2c1C(N(C)CCC1CCN(CCO)C(=O)N1)CC2. The molecule has 2 aromatic carbocycles. The van der Waals surface area contributed by atoms with Crippen LogP contribution in [0.4, 0.5) is 16.3 Å². The van der Waals surface area contributed by atoms with Crippen molar-refractivity contribution in [3.05, 3.63) is 96.8 Å². The summed E-state index contributed by atoms with van der Waals surface area (Å²) in [6, 6.07) is 15.8. The van der Waals surface area contributed by atoms with E-state index in [1.54, 1.807) is 25.1 Å². The molecule has 0 radical (unpaired) electrons. The molecule has 2 aliphatic rings. The Morgan fingerprint density at radius 2 is 1.76 bits per heavy atom. The molecule has 1 aliphatic carbocycles. The number of pyridine rings is 2. The number of urea groups is 1. The number of rotatable bonds is 11. The van der Waals surface area contributed by atoms with Gasteiger partial charge in [0.15, 0.2) is 0 Å². The monoisotopic (exact) mass is 766 g/mol. The Morgan fingerprint density at radius 3 is 2.51 bits per heavy atom. The molecule has 1 fully saturated rings. The summed E-state index contributed by atoms with van der Waals surface area (Å²) >= 11 is 7.27. The number of aromatic nitrogens is 4. The second-order valence-corrected chi connectivity index (χ2v) is 14.9. The van der Waals surface area contributed by atoms with Crippen LogP contribution in [-0.2, 0) is 20.5 Å². The van der Waals surface area contributed by atoms with E-state index in [2.05, 4.69) is 33.6 Å². The summed E-state index contributed by atoms with van der Waals surface area (Å²) in [5.74, 6) is 0.953. The predicted octanol–water partition coefficient (Wildman–Crippen LogP) is 5.47. The van der Waals surface area contributed by atoms with E-state index in [4.69, 9.17) is 21.3 Å². The lowest BCUT2D eigenvalue weighted by Crippen LogP contribution is -2.53. The Bertz CT molecular complexity index is 2430. The third kappa shape index (κ3) is 7.07. The van der Waals surface area contributed by atoms with Crippen LogP contribution in [0.5, 0.6) is 5.88 Å². The highest BCUT2D eigenvalue weighted by Crippen LogP contribution is 2.44. The van der Waals surface area contributed by atoms with Crippen molar-refractivity contribution < 1.29 is 14.6 Å². The van der Waals surface area contributed by atoms with Crippen LogP contribution in [-0.4, -0.2) is 86.5 Å². The van der Waals surface area contributed by atoms with Crippen molar-refractivity contribution in [1.82, 2.24) is 34.2 Å². The molecule has 13 nitrogen and oxygen atoms in total. The number of β-amino-alcohol motifs (C(OH)–C–C–N with tert-alkyl or cyclic N) is 1. The number of hydrogen-bond acceptors (Lipinski definition) is 9. The summed E-state index contributed by atoms with van der Waals surface area (Å²) in [7, 11) is 6.88. The number of anilines is 2. The number of amides is 2. The fraction of sp³-hybridized carbons (Fsp3) is 0.390. The minimum absolute atomic E-state index is 0.0372. The first kappa shape index (κ1) is 38.1. The summed E-state index contributed by atoms with van der Waals surface area (Å²) in [6.45, 7) is 5.59. The fourth-order valence-corrected chi connectivity index (χ4v) is 8.39. The van der Waals surface area contributed by atoms with Crippen molar-refractivity contribution in [3.63, 3.8) is 0 Å². The van der Waals surface area contributed by atoms with Crippen LogP contribution in [0.25, 0.3) is 33.3 Å². The van der Waals surface area contributed by atoms with Gasteiger partial charge in [0.25, 0.3) is 5.56 Å². The number of aliphatic hydroxyl groups is 1. The van der Waals surface area contributed by atoms with Crippen molar-refractivity contribution in [2.24, 2.45) is 14.1 Å². The average Bonchev–Trinajstić information content (AvgIpc) is 3.61. The average molecular weight is 767 g/mol. The number of nitrogens with zero attached hydrogens (tertiary/aromatic N) is 6. The zero-order chi connectivity index (χ0) is 39.1. The Morgan fingerprint density at radius 1 is 1.02 bits per heavy atom. The van der Waals surface area contributed by atoms with Crippen molar-refractivity contribution in [1.29, 1.82) is 0 Å². The molecule has 288 valence electrons. The van der Waals surface area contributed by atoms with E-state index < -0.39 is 11.2 Å². The van der Waals surface area contributed by atoms with Gasteiger partial charge < -0.3 is 25.4 Å². The van der Waals surface area contributed by atoms with Crippen molar-refractivity contribution in [2.45, 2.75) is 51.6 Å². The molecule has 55 heavy (non-hydrogen) atoms. The number of fused-ring (bicyclic) bond motifs is 2. The summed E-state index contributed by atoms with van der Waals surface area (Å²) in [4.78, 5) is 52.1. The number of nitrogens with one attached hydrogen (secondary N) is 2. The molecular formula is C41H47ClN8O5. The predicted molar refractivity (Wildman–Crippen MR) is 216 cm³/mol. The molecule has 4 heterocycles. The molecular weight excluding hydrogens is 720 g/mol. The van der Waals surface area contributed by atoms with Gasteiger partial charge in [0.1, 0.15) is 11.2 Å². The van der Waals surface area contributed by atoms with E-state index in [1.165, 1.54) is 17.2 Å². The van der Waals surface area contributed by atoms with Gasteiger partial charge in [-0.25, -0.2) is 19.6 Å². The van der Waals surface area contributed by atoms with Crippen molar-refractivity contribution in [3.8, 4) is 28.3 Å². The van der Waals surface area contributed by atoms with Gasteiger partial charge >= 0.3 is 11.7 Å². The first-order valence-electron chi connectivity index (χ1n) is 18.6. The zero-order valence-corrected chi connectivity index (χ0v) is 32.8. The maximum Gasteiger partial charge on any atom is 0.330 e. The smallest absolute Gasteiger partial charge is 0.330 e. The van der Waals surface area contributed by atoms with E-state index in [0.29, 0.717) is 46.4 Å². The molecule has 2 unspecified atom stereocenters. The van der Waals surface area contributed by atoms with Crippen LogP contribution in [0.2, 0.25) is 5.02 Å². The zero-order valence-electron chi connectivity index (χ0n) is 32.1. The molecule has 3 N–H and O–H groups in total. The minimum atomic E-state index is -0.422. The summed E-state index contributed by atoms with van der Waals surface area (Å²) < 4.78 is 8.49. The molecule has 0 saturated carbocycles. The molecule has 14 heteroatoms. The Balaban J connectivity index is 1.16. The minimum Gasteiger partial charge on any atom is -0.481 e. The lowest BCUT2D eigenvalue weighted by atomic mass is 9.96. The third-order valence-electron chi connectivity index (χ3n) is 11.1. The van der Waals surface area contributed by atoms with Crippen molar-refractivity contribution in [2.75, 3.05) is 45.7 Å². The number of ether oxygens (including phenoxy) is 1. The number of halogens is 1. The maximum absolute atomic E-state index is 13.3. The molecule has 1 aliphatic heterocycles. The van der Waals surface area contributed by atoms with Gasteiger partial charge in [-0.05, 0) is 81.5 Å². The van der Waals surface area contributed by atoms with Gasteiger partial charge in [-0.2, -0.15) is 0 Å². The van der Waals surface area contributed by atoms with E-state index in [0.717, 1.165) is 76.0 Å². The normalized spacial score (nSPS) is 16.8. The van der Waals surface area contributed by atoms with Crippen molar-refractivity contribution >= 4 is 40.0 Å². The highest BCUT2D eigenvalue weighted by molar-refractivity contribution is 6.36. The number of carbonyl (C=O) groups is 1. The fourth-order valence-electron chi connectivity index (χ4n) is 8.07. The molecule has 0 bridgehead atoms. The standard InChI is InChI=1S/C41H47ClN8O5/c1-23-21-33-35(39(52)49(5)41(54)48(33)4)37(43-23)45-30-12-8-9-27(24(30)2)28-10-7-11-29(36(28)42)31-22-25-13-14-32(34(25)38(46-31)55-6)47(3)17-15-26-16-18-50(19-20-51)40(53)44-26/h7-12,21-22,26,32,51H,13-20H2,1-6H3,(H,43,45)(H,44,53). The molecule has 0 spiro atoms. The topological polar surface area (TPSA) is 147 Å². The molecule has 5 aromatic rings. The van der Waals surface area contributed by atoms with Crippen LogP contribution in [0.1, 0.15) is 47.7 Å². The van der Waals surface area contributed by atoms with E-state index in [9.17, 15) is 19.5 Å². The second kappa shape index (κ2) is 15.5. The van der Waals surface area contributed by atoms with Crippen LogP contribution >= 0.6 is 11.6 Å².